The first-order valence-corrected chi connectivity index (χ1v) is 9.08. The van der Waals surface area contributed by atoms with E-state index in [-0.39, 0.29) is 0 Å². The van der Waals surface area contributed by atoms with Crippen LogP contribution in [0.25, 0.3) is 0 Å². The average Bonchev–Trinajstić information content (AvgIpc) is 2.61. The fraction of sp³-hybridized carbons (Fsp3) is 0.381. The SMILES string of the molecule is CCCCC1C(Cc2ccccc2)C(=S)N1Cc1ccccc1. The first kappa shape index (κ1) is 16.2. The molecule has 2 aromatic carbocycles. The maximum Gasteiger partial charge on any atom is 0.0840 e. The lowest BCUT2D eigenvalue weighted by Gasteiger charge is -2.51. The van der Waals surface area contributed by atoms with Crippen LogP contribution >= 0.6 is 12.2 Å². The molecule has 23 heavy (non-hydrogen) atoms. The predicted octanol–water partition coefficient (Wildman–Crippen LogP) is 5.25. The standard InChI is InChI=1S/C21H25NS/c1-2-3-14-20-19(15-17-10-6-4-7-11-17)21(23)22(20)16-18-12-8-5-9-13-18/h4-13,19-20H,2-3,14-16H2,1H3. The summed E-state index contributed by atoms with van der Waals surface area (Å²) in [6.45, 7) is 3.23. The van der Waals surface area contributed by atoms with E-state index in [1.54, 1.807) is 0 Å². The van der Waals surface area contributed by atoms with Crippen molar-refractivity contribution in [3.8, 4) is 0 Å². The molecule has 1 aliphatic rings. The number of hydrogen-bond acceptors (Lipinski definition) is 1. The van der Waals surface area contributed by atoms with Crippen LogP contribution < -0.4 is 0 Å². The fourth-order valence-corrected chi connectivity index (χ4v) is 3.95. The van der Waals surface area contributed by atoms with Crippen molar-refractivity contribution in [3.63, 3.8) is 0 Å². The van der Waals surface area contributed by atoms with E-state index in [1.165, 1.54) is 30.4 Å². The molecule has 2 unspecified atom stereocenters. The molecule has 0 aliphatic carbocycles. The van der Waals surface area contributed by atoms with E-state index in [9.17, 15) is 0 Å². The van der Waals surface area contributed by atoms with Crippen LogP contribution in [0, 0.1) is 5.92 Å². The van der Waals surface area contributed by atoms with Gasteiger partial charge in [0, 0.05) is 18.5 Å². The van der Waals surface area contributed by atoms with Gasteiger partial charge in [0.15, 0.2) is 0 Å². The quantitative estimate of drug-likeness (QED) is 0.640. The Kier molecular flexibility index (Phi) is 5.45. The molecule has 0 amide bonds. The Morgan fingerprint density at radius 2 is 1.52 bits per heavy atom. The van der Waals surface area contributed by atoms with Gasteiger partial charge in [-0.1, -0.05) is 92.6 Å². The van der Waals surface area contributed by atoms with Crippen LogP contribution in [0.15, 0.2) is 60.7 Å². The summed E-state index contributed by atoms with van der Waals surface area (Å²) in [7, 11) is 0. The Morgan fingerprint density at radius 1 is 0.913 bits per heavy atom. The highest BCUT2D eigenvalue weighted by molar-refractivity contribution is 7.80. The van der Waals surface area contributed by atoms with E-state index in [2.05, 4.69) is 72.5 Å². The normalized spacial score (nSPS) is 20.4. The summed E-state index contributed by atoms with van der Waals surface area (Å²) >= 11 is 5.78. The zero-order valence-corrected chi connectivity index (χ0v) is 14.6. The summed E-state index contributed by atoms with van der Waals surface area (Å²) in [4.78, 5) is 3.60. The minimum atomic E-state index is 0.530. The lowest BCUT2D eigenvalue weighted by molar-refractivity contribution is 0.161. The molecular weight excluding hydrogens is 298 g/mol. The van der Waals surface area contributed by atoms with Gasteiger partial charge < -0.3 is 4.90 Å². The van der Waals surface area contributed by atoms with Gasteiger partial charge in [0.1, 0.15) is 0 Å². The van der Waals surface area contributed by atoms with Gasteiger partial charge >= 0.3 is 0 Å². The summed E-state index contributed by atoms with van der Waals surface area (Å²) in [5, 5.41) is 0. The first-order chi connectivity index (χ1) is 11.3. The molecule has 2 aromatic rings. The van der Waals surface area contributed by atoms with Crippen molar-refractivity contribution in [2.24, 2.45) is 5.92 Å². The Balaban J connectivity index is 1.69. The Bertz CT molecular complexity index is 571. The van der Waals surface area contributed by atoms with E-state index in [4.69, 9.17) is 12.2 Å². The molecule has 120 valence electrons. The molecule has 0 N–H and O–H groups in total. The summed E-state index contributed by atoms with van der Waals surface area (Å²) in [5.41, 5.74) is 2.76. The third-order valence-electron chi connectivity index (χ3n) is 4.81. The molecule has 1 nitrogen and oxygen atoms in total. The molecular formula is C21H25NS. The lowest BCUT2D eigenvalue weighted by atomic mass is 9.80. The maximum absolute atomic E-state index is 5.78. The van der Waals surface area contributed by atoms with Gasteiger partial charge in [0.05, 0.1) is 4.99 Å². The van der Waals surface area contributed by atoms with Crippen LogP contribution in [0.3, 0.4) is 0 Å². The number of benzene rings is 2. The van der Waals surface area contributed by atoms with Crippen molar-refractivity contribution < 1.29 is 0 Å². The van der Waals surface area contributed by atoms with Gasteiger partial charge in [-0.15, -0.1) is 0 Å². The highest BCUT2D eigenvalue weighted by Gasteiger charge is 2.42. The average molecular weight is 324 g/mol. The Hall–Kier alpha value is -1.67. The van der Waals surface area contributed by atoms with Crippen LogP contribution in [-0.2, 0) is 13.0 Å². The largest absolute Gasteiger partial charge is 0.358 e. The van der Waals surface area contributed by atoms with Gasteiger partial charge in [-0.2, -0.15) is 0 Å². The summed E-state index contributed by atoms with van der Waals surface area (Å²) < 4.78 is 0. The Labute approximate surface area is 145 Å². The molecule has 0 bridgehead atoms. The molecule has 1 heterocycles. The van der Waals surface area contributed by atoms with Crippen molar-refractivity contribution >= 4 is 17.2 Å². The number of likely N-dealkylation sites (tertiary alicyclic amines) is 1. The van der Waals surface area contributed by atoms with Crippen LogP contribution in [0.2, 0.25) is 0 Å². The second kappa shape index (κ2) is 7.74. The zero-order valence-electron chi connectivity index (χ0n) is 13.8. The fourth-order valence-electron chi connectivity index (χ4n) is 3.51. The highest BCUT2D eigenvalue weighted by atomic mass is 32.1. The van der Waals surface area contributed by atoms with Crippen molar-refractivity contribution in [1.82, 2.24) is 4.90 Å². The Morgan fingerprint density at radius 3 is 2.13 bits per heavy atom. The molecule has 3 rings (SSSR count). The van der Waals surface area contributed by atoms with Gasteiger partial charge in [-0.3, -0.25) is 0 Å². The number of hydrogen-bond donors (Lipinski definition) is 0. The zero-order chi connectivity index (χ0) is 16.1. The minimum absolute atomic E-state index is 0.530. The van der Waals surface area contributed by atoms with Crippen LogP contribution in [0.1, 0.15) is 37.3 Å². The lowest BCUT2D eigenvalue weighted by Crippen LogP contribution is -2.60. The van der Waals surface area contributed by atoms with Crippen LogP contribution in [0.5, 0.6) is 0 Å². The molecule has 2 atom stereocenters. The molecule has 1 saturated heterocycles. The van der Waals surface area contributed by atoms with E-state index < -0.39 is 0 Å². The smallest absolute Gasteiger partial charge is 0.0840 e. The summed E-state index contributed by atoms with van der Waals surface area (Å²) in [5.74, 6) is 0.530. The van der Waals surface area contributed by atoms with E-state index in [0.717, 1.165) is 18.0 Å². The van der Waals surface area contributed by atoms with Crippen molar-refractivity contribution in [3.05, 3.63) is 71.8 Å². The van der Waals surface area contributed by atoms with Gasteiger partial charge in [-0.05, 0) is 24.0 Å². The molecule has 2 heteroatoms. The summed E-state index contributed by atoms with van der Waals surface area (Å²) in [6, 6.07) is 22.1. The number of rotatable bonds is 7. The van der Waals surface area contributed by atoms with Crippen molar-refractivity contribution in [2.45, 2.75) is 45.2 Å². The molecule has 0 aromatic heterocycles. The second-order valence-corrected chi connectivity index (χ2v) is 6.88. The van der Waals surface area contributed by atoms with Crippen LogP contribution in [-0.4, -0.2) is 15.9 Å². The molecule has 1 fully saturated rings. The maximum atomic E-state index is 5.78. The first-order valence-electron chi connectivity index (χ1n) is 8.68. The van der Waals surface area contributed by atoms with E-state index in [0.29, 0.717) is 12.0 Å². The summed E-state index contributed by atoms with van der Waals surface area (Å²) in [6.07, 6.45) is 4.87. The van der Waals surface area contributed by atoms with E-state index >= 15 is 0 Å². The highest BCUT2D eigenvalue weighted by Crippen LogP contribution is 2.35. The van der Waals surface area contributed by atoms with Gasteiger partial charge in [0.2, 0.25) is 0 Å². The third kappa shape index (κ3) is 3.81. The van der Waals surface area contributed by atoms with Gasteiger partial charge in [0.25, 0.3) is 0 Å². The third-order valence-corrected chi connectivity index (χ3v) is 5.35. The van der Waals surface area contributed by atoms with Crippen molar-refractivity contribution in [1.29, 1.82) is 0 Å². The molecule has 0 saturated carbocycles. The molecule has 0 radical (unpaired) electrons. The molecule has 1 aliphatic heterocycles. The van der Waals surface area contributed by atoms with Crippen LogP contribution in [0.4, 0.5) is 0 Å². The van der Waals surface area contributed by atoms with Gasteiger partial charge in [-0.25, -0.2) is 0 Å². The number of thiocarbonyl (C=S) groups is 1. The predicted molar refractivity (Wildman–Crippen MR) is 102 cm³/mol. The minimum Gasteiger partial charge on any atom is -0.358 e. The van der Waals surface area contributed by atoms with E-state index in [1.807, 2.05) is 0 Å². The number of unbranched alkanes of at least 4 members (excludes halogenated alkanes) is 1. The number of nitrogens with zero attached hydrogens (tertiary/aromatic N) is 1. The monoisotopic (exact) mass is 323 g/mol. The second-order valence-electron chi connectivity index (χ2n) is 6.46. The van der Waals surface area contributed by atoms with Crippen molar-refractivity contribution in [2.75, 3.05) is 0 Å². The topological polar surface area (TPSA) is 3.24 Å². The molecule has 0 spiro atoms.